The van der Waals surface area contributed by atoms with Crippen LogP contribution < -0.4 is 14.8 Å². The van der Waals surface area contributed by atoms with Crippen molar-refractivity contribution in [2.45, 2.75) is 26.5 Å². The minimum atomic E-state index is -0.620. The van der Waals surface area contributed by atoms with Crippen molar-refractivity contribution in [2.24, 2.45) is 0 Å². The quantitative estimate of drug-likeness (QED) is 0.488. The van der Waals surface area contributed by atoms with E-state index in [-0.39, 0.29) is 6.61 Å². The van der Waals surface area contributed by atoms with Crippen molar-refractivity contribution in [3.8, 4) is 11.5 Å². The molecule has 10 heteroatoms. The van der Waals surface area contributed by atoms with Crippen molar-refractivity contribution in [3.05, 3.63) is 69.3 Å². The fraction of sp³-hybridized carbons (Fsp3) is 0.273. The van der Waals surface area contributed by atoms with Gasteiger partial charge in [0.25, 0.3) is 0 Å². The number of benzene rings is 2. The molecule has 1 N–H and O–H groups in total. The monoisotopic (exact) mass is 499 g/mol. The zero-order valence-corrected chi connectivity index (χ0v) is 19.4. The van der Waals surface area contributed by atoms with Crippen LogP contribution in [0.2, 0.25) is 0 Å². The maximum atomic E-state index is 13.2. The molecule has 1 aromatic heterocycles. The number of carbonyl (C=O) groups is 1. The van der Waals surface area contributed by atoms with Crippen LogP contribution in [0, 0.1) is 0 Å². The number of hydrogen-bond acceptors (Lipinski definition) is 8. The van der Waals surface area contributed by atoms with Crippen LogP contribution in [-0.2, 0) is 16.1 Å². The van der Waals surface area contributed by atoms with E-state index in [1.54, 1.807) is 18.7 Å². The van der Waals surface area contributed by atoms with Gasteiger partial charge in [0.15, 0.2) is 11.5 Å². The molecule has 2 aromatic carbocycles. The molecule has 0 saturated carbocycles. The van der Waals surface area contributed by atoms with Crippen LogP contribution in [-0.4, -0.2) is 39.9 Å². The Balaban J connectivity index is 1.75. The second-order valence-corrected chi connectivity index (χ2v) is 7.90. The summed E-state index contributed by atoms with van der Waals surface area (Å²) < 4.78 is 19.1. The third-order valence-corrected chi connectivity index (χ3v) is 5.59. The number of nitrogens with zero attached hydrogens (tertiary/aromatic N) is 4. The molecule has 0 aliphatic carbocycles. The molecule has 0 radical (unpaired) electrons. The van der Waals surface area contributed by atoms with Crippen LogP contribution in [0.1, 0.15) is 31.0 Å². The highest BCUT2D eigenvalue weighted by Crippen LogP contribution is 2.42. The highest BCUT2D eigenvalue weighted by molar-refractivity contribution is 9.10. The zero-order valence-electron chi connectivity index (χ0n) is 17.8. The molecule has 2 heterocycles. The van der Waals surface area contributed by atoms with Crippen LogP contribution in [0.25, 0.3) is 0 Å². The van der Waals surface area contributed by atoms with Gasteiger partial charge in [-0.25, -0.2) is 4.79 Å². The molecule has 0 amide bonds. The van der Waals surface area contributed by atoms with Crippen molar-refractivity contribution in [2.75, 3.05) is 19.0 Å². The average Bonchev–Trinajstić information content (AvgIpc) is 3.25. The lowest BCUT2D eigenvalue weighted by Crippen LogP contribution is -2.29. The molecular formula is C22H22BrN5O4. The van der Waals surface area contributed by atoms with E-state index in [1.807, 2.05) is 49.4 Å². The molecule has 166 valence electrons. The lowest BCUT2D eigenvalue weighted by molar-refractivity contribution is -0.140. The van der Waals surface area contributed by atoms with Crippen LogP contribution in [0.15, 0.2) is 58.2 Å². The Labute approximate surface area is 193 Å². The van der Waals surface area contributed by atoms with Gasteiger partial charge >= 0.3 is 5.97 Å². The summed E-state index contributed by atoms with van der Waals surface area (Å²) in [5, 5.41) is 15.0. The van der Waals surface area contributed by atoms with Crippen molar-refractivity contribution < 1.29 is 19.0 Å². The predicted octanol–water partition coefficient (Wildman–Crippen LogP) is 3.88. The molecule has 1 aliphatic rings. The Morgan fingerprint density at radius 3 is 2.75 bits per heavy atom. The fourth-order valence-electron chi connectivity index (χ4n) is 3.59. The van der Waals surface area contributed by atoms with Gasteiger partial charge in [0.05, 0.1) is 23.8 Å². The van der Waals surface area contributed by atoms with E-state index in [4.69, 9.17) is 14.2 Å². The van der Waals surface area contributed by atoms with Gasteiger partial charge < -0.3 is 19.5 Å². The number of nitrogens with one attached hydrogen (secondary N) is 1. The summed E-state index contributed by atoms with van der Waals surface area (Å²) in [7, 11) is 1.57. The lowest BCUT2D eigenvalue weighted by atomic mass is 9.95. The molecule has 0 fully saturated rings. The van der Waals surface area contributed by atoms with Crippen LogP contribution in [0.3, 0.4) is 0 Å². The number of rotatable bonds is 7. The summed E-state index contributed by atoms with van der Waals surface area (Å²) in [4.78, 5) is 13.2. The molecule has 1 atom stereocenters. The minimum absolute atomic E-state index is 0.155. The van der Waals surface area contributed by atoms with E-state index in [0.29, 0.717) is 39.8 Å². The van der Waals surface area contributed by atoms with Gasteiger partial charge in [-0.05, 0) is 63.5 Å². The summed E-state index contributed by atoms with van der Waals surface area (Å²) >= 11 is 3.55. The second-order valence-electron chi connectivity index (χ2n) is 7.04. The molecule has 1 aliphatic heterocycles. The van der Waals surface area contributed by atoms with Gasteiger partial charge in [-0.1, -0.05) is 35.4 Å². The van der Waals surface area contributed by atoms with Gasteiger partial charge in [-0.2, -0.15) is 4.68 Å². The van der Waals surface area contributed by atoms with E-state index < -0.39 is 12.0 Å². The highest BCUT2D eigenvalue weighted by Gasteiger charge is 2.36. The topological polar surface area (TPSA) is 100 Å². The number of ether oxygens (including phenoxy) is 3. The number of tetrazole rings is 1. The first kappa shape index (κ1) is 21.8. The fourth-order valence-corrected chi connectivity index (χ4v) is 4.21. The third-order valence-electron chi connectivity index (χ3n) is 5.00. The number of methoxy groups -OCH3 is 1. The van der Waals surface area contributed by atoms with Crippen LogP contribution >= 0.6 is 15.9 Å². The molecule has 3 aromatic rings. The number of hydrogen-bond donors (Lipinski definition) is 1. The number of aromatic nitrogens is 4. The molecule has 1 unspecified atom stereocenters. The Hall–Kier alpha value is -3.40. The smallest absolute Gasteiger partial charge is 0.338 e. The van der Waals surface area contributed by atoms with Crippen LogP contribution in [0.5, 0.6) is 11.5 Å². The molecule has 0 saturated heterocycles. The third kappa shape index (κ3) is 4.18. The van der Waals surface area contributed by atoms with Gasteiger partial charge in [-0.3, -0.25) is 0 Å². The van der Waals surface area contributed by atoms with Gasteiger partial charge in [0.2, 0.25) is 5.95 Å². The van der Waals surface area contributed by atoms with E-state index in [9.17, 15) is 4.79 Å². The number of esters is 1. The minimum Gasteiger partial charge on any atom is -0.492 e. The Morgan fingerprint density at radius 2 is 2.03 bits per heavy atom. The first-order valence-electron chi connectivity index (χ1n) is 10.00. The van der Waals surface area contributed by atoms with Crippen molar-refractivity contribution >= 4 is 27.8 Å². The van der Waals surface area contributed by atoms with Crippen LogP contribution in [0.4, 0.5) is 5.95 Å². The Kier molecular flexibility index (Phi) is 6.40. The molecule has 0 spiro atoms. The van der Waals surface area contributed by atoms with Crippen molar-refractivity contribution in [3.63, 3.8) is 0 Å². The second kappa shape index (κ2) is 9.39. The number of allylic oxidation sites excluding steroid dienone is 1. The molecule has 9 nitrogen and oxygen atoms in total. The Morgan fingerprint density at radius 1 is 1.25 bits per heavy atom. The van der Waals surface area contributed by atoms with Gasteiger partial charge in [0.1, 0.15) is 12.6 Å². The number of carbonyl (C=O) groups excluding carboxylic acids is 1. The maximum absolute atomic E-state index is 13.2. The Bertz CT molecular complexity index is 1160. The molecular weight excluding hydrogens is 478 g/mol. The molecule has 32 heavy (non-hydrogen) atoms. The average molecular weight is 500 g/mol. The summed E-state index contributed by atoms with van der Waals surface area (Å²) in [5.41, 5.74) is 2.65. The summed E-state index contributed by atoms with van der Waals surface area (Å²) in [6, 6.07) is 12.6. The zero-order chi connectivity index (χ0) is 22.7. The van der Waals surface area contributed by atoms with Crippen molar-refractivity contribution in [1.29, 1.82) is 0 Å². The number of halogens is 1. The largest absolute Gasteiger partial charge is 0.492 e. The summed E-state index contributed by atoms with van der Waals surface area (Å²) in [5.74, 6) is 1.07. The van der Waals surface area contributed by atoms with E-state index in [0.717, 1.165) is 11.1 Å². The molecule has 0 bridgehead atoms. The summed E-state index contributed by atoms with van der Waals surface area (Å²) in [6.45, 7) is 4.30. The molecule has 4 rings (SSSR count). The normalized spacial score (nSPS) is 15.1. The first-order valence-corrected chi connectivity index (χ1v) is 10.8. The van der Waals surface area contributed by atoms with E-state index >= 15 is 0 Å². The lowest BCUT2D eigenvalue weighted by Gasteiger charge is -2.28. The van der Waals surface area contributed by atoms with Crippen molar-refractivity contribution in [1.82, 2.24) is 20.2 Å². The summed E-state index contributed by atoms with van der Waals surface area (Å²) in [6.07, 6.45) is 0. The van der Waals surface area contributed by atoms with Gasteiger partial charge in [0, 0.05) is 5.70 Å². The standard InChI is InChI=1S/C22H22BrN5O4/c1-4-31-17-11-15(10-16(23)20(17)30-3)19-18(13(2)24-22-25-26-27-28(19)22)21(29)32-12-14-8-6-5-7-9-14/h5-11,19H,4,12H2,1-3H3,(H,24,25,27). The number of anilines is 1. The SMILES string of the molecule is CCOc1cc(C2C(C(=O)OCc3ccccc3)=C(C)Nc3nnnn32)cc(Br)c1OC. The highest BCUT2D eigenvalue weighted by atomic mass is 79.9. The van der Waals surface area contributed by atoms with E-state index in [1.165, 1.54) is 0 Å². The first-order chi connectivity index (χ1) is 15.5. The predicted molar refractivity (Wildman–Crippen MR) is 120 cm³/mol. The van der Waals surface area contributed by atoms with Gasteiger partial charge in [-0.15, -0.1) is 0 Å². The van der Waals surface area contributed by atoms with E-state index in [2.05, 4.69) is 36.8 Å². The number of fused-ring (bicyclic) bond motifs is 1. The maximum Gasteiger partial charge on any atom is 0.338 e.